The van der Waals surface area contributed by atoms with Gasteiger partial charge in [-0.05, 0) is 34.5 Å². The lowest BCUT2D eigenvalue weighted by Gasteiger charge is -2.34. The van der Waals surface area contributed by atoms with E-state index in [2.05, 4.69) is 25.6 Å². The topological polar surface area (TPSA) is 70.6 Å². The van der Waals surface area contributed by atoms with Gasteiger partial charge >= 0.3 is 0 Å². The molecule has 7 nitrogen and oxygen atoms in total. The lowest BCUT2D eigenvalue weighted by molar-refractivity contribution is 0.0949. The highest BCUT2D eigenvalue weighted by Crippen LogP contribution is 2.22. The quantitative estimate of drug-likeness (QED) is 0.407. The Morgan fingerprint density at radius 1 is 1.03 bits per heavy atom. The maximum atomic E-state index is 12.7. The SMILES string of the molecule is COc1cccc(Cc2nsc(N3CCN(CCNC(=O)c4cccc5ccccc45)CC3)n2)c1. The van der Waals surface area contributed by atoms with Crippen LogP contribution in [0.3, 0.4) is 0 Å². The first-order valence-corrected chi connectivity index (χ1v) is 12.7. The van der Waals surface area contributed by atoms with Crippen molar-refractivity contribution in [2.24, 2.45) is 0 Å². The summed E-state index contributed by atoms with van der Waals surface area (Å²) in [5.74, 6) is 1.68. The number of anilines is 1. The second kappa shape index (κ2) is 10.8. The number of nitrogens with zero attached hydrogens (tertiary/aromatic N) is 4. The Morgan fingerprint density at radius 2 is 1.83 bits per heavy atom. The van der Waals surface area contributed by atoms with E-state index < -0.39 is 0 Å². The molecule has 0 radical (unpaired) electrons. The van der Waals surface area contributed by atoms with Gasteiger partial charge in [-0.2, -0.15) is 4.37 Å². The predicted molar refractivity (Wildman–Crippen MR) is 141 cm³/mol. The van der Waals surface area contributed by atoms with Crippen LogP contribution in [0.15, 0.2) is 66.7 Å². The Bertz CT molecular complexity index is 1290. The van der Waals surface area contributed by atoms with Crippen molar-refractivity contribution in [3.8, 4) is 5.75 Å². The van der Waals surface area contributed by atoms with Crippen LogP contribution in [-0.2, 0) is 6.42 Å². The zero-order chi connectivity index (χ0) is 24.0. The molecule has 0 bridgehead atoms. The van der Waals surface area contributed by atoms with E-state index in [0.29, 0.717) is 13.0 Å². The molecule has 1 aliphatic heterocycles. The Balaban J connectivity index is 1.09. The van der Waals surface area contributed by atoms with E-state index in [-0.39, 0.29) is 5.91 Å². The fraction of sp³-hybridized carbons (Fsp3) is 0.296. The summed E-state index contributed by atoms with van der Waals surface area (Å²) in [5.41, 5.74) is 1.87. The second-order valence-electron chi connectivity index (χ2n) is 8.63. The van der Waals surface area contributed by atoms with E-state index in [1.807, 2.05) is 60.7 Å². The maximum absolute atomic E-state index is 12.7. The molecule has 8 heteroatoms. The van der Waals surface area contributed by atoms with Gasteiger partial charge in [0, 0.05) is 62.8 Å². The fourth-order valence-electron chi connectivity index (χ4n) is 4.42. The average molecular weight is 488 g/mol. The van der Waals surface area contributed by atoms with Crippen LogP contribution >= 0.6 is 11.5 Å². The van der Waals surface area contributed by atoms with Crippen molar-refractivity contribution < 1.29 is 9.53 Å². The van der Waals surface area contributed by atoms with Crippen molar-refractivity contribution in [3.63, 3.8) is 0 Å². The third kappa shape index (κ3) is 5.61. The molecule has 0 aliphatic carbocycles. The number of carbonyl (C=O) groups excluding carboxylic acids is 1. The van der Waals surface area contributed by atoms with Gasteiger partial charge in [0.15, 0.2) is 0 Å². The zero-order valence-corrected chi connectivity index (χ0v) is 20.6. The van der Waals surface area contributed by atoms with Crippen LogP contribution in [0.25, 0.3) is 10.8 Å². The molecule has 2 heterocycles. The van der Waals surface area contributed by atoms with Crippen LogP contribution in [0.5, 0.6) is 5.75 Å². The number of nitrogens with one attached hydrogen (secondary N) is 1. The molecule has 0 spiro atoms. The summed E-state index contributed by atoms with van der Waals surface area (Å²) in [6.07, 6.45) is 0.698. The van der Waals surface area contributed by atoms with E-state index in [4.69, 9.17) is 9.72 Å². The van der Waals surface area contributed by atoms with Crippen LogP contribution in [0.2, 0.25) is 0 Å². The number of fused-ring (bicyclic) bond motifs is 1. The first-order valence-electron chi connectivity index (χ1n) is 11.9. The van der Waals surface area contributed by atoms with Crippen LogP contribution < -0.4 is 15.0 Å². The minimum atomic E-state index is -0.0159. The molecule has 5 rings (SSSR count). The average Bonchev–Trinajstić information content (AvgIpc) is 3.37. The number of methoxy groups -OCH3 is 1. The monoisotopic (exact) mass is 487 g/mol. The molecule has 0 saturated carbocycles. The van der Waals surface area contributed by atoms with Gasteiger partial charge in [0.1, 0.15) is 11.6 Å². The van der Waals surface area contributed by atoms with Crippen molar-refractivity contribution in [2.45, 2.75) is 6.42 Å². The number of piperazine rings is 1. The maximum Gasteiger partial charge on any atom is 0.251 e. The highest BCUT2D eigenvalue weighted by Gasteiger charge is 2.20. The first-order chi connectivity index (χ1) is 17.2. The summed E-state index contributed by atoms with van der Waals surface area (Å²) in [5, 5.41) is 6.14. The van der Waals surface area contributed by atoms with Gasteiger partial charge in [0.25, 0.3) is 5.91 Å². The third-order valence-electron chi connectivity index (χ3n) is 6.34. The summed E-state index contributed by atoms with van der Waals surface area (Å²) in [6, 6.07) is 21.9. The van der Waals surface area contributed by atoms with Crippen LogP contribution in [0, 0.1) is 0 Å². The van der Waals surface area contributed by atoms with Gasteiger partial charge in [0.05, 0.1) is 7.11 Å². The van der Waals surface area contributed by atoms with Gasteiger partial charge in [-0.15, -0.1) is 0 Å². The van der Waals surface area contributed by atoms with E-state index in [1.54, 1.807) is 7.11 Å². The molecule has 1 aliphatic rings. The number of benzene rings is 3. The van der Waals surface area contributed by atoms with E-state index in [0.717, 1.165) is 71.3 Å². The molecule has 1 N–H and O–H groups in total. The van der Waals surface area contributed by atoms with Crippen LogP contribution in [0.1, 0.15) is 21.7 Å². The normalized spacial score (nSPS) is 14.3. The summed E-state index contributed by atoms with van der Waals surface area (Å²) in [7, 11) is 1.68. The minimum Gasteiger partial charge on any atom is -0.497 e. The molecule has 3 aromatic carbocycles. The van der Waals surface area contributed by atoms with Crippen LogP contribution in [0.4, 0.5) is 5.13 Å². The Kier molecular flexibility index (Phi) is 7.20. The highest BCUT2D eigenvalue weighted by molar-refractivity contribution is 7.09. The minimum absolute atomic E-state index is 0.0159. The molecule has 35 heavy (non-hydrogen) atoms. The first kappa shape index (κ1) is 23.3. The summed E-state index contributed by atoms with van der Waals surface area (Å²) in [4.78, 5) is 22.2. The number of hydrogen-bond donors (Lipinski definition) is 1. The molecule has 0 unspecified atom stereocenters. The number of carbonyl (C=O) groups is 1. The molecule has 0 atom stereocenters. The summed E-state index contributed by atoms with van der Waals surface area (Å²) in [6.45, 7) is 5.16. The number of aromatic nitrogens is 2. The molecule has 4 aromatic rings. The molecular formula is C27H29N5O2S. The van der Waals surface area contributed by atoms with Gasteiger partial charge in [0.2, 0.25) is 5.13 Å². The van der Waals surface area contributed by atoms with Crippen molar-refractivity contribution in [3.05, 3.63) is 83.7 Å². The molecule has 1 fully saturated rings. The van der Waals surface area contributed by atoms with E-state index in [1.165, 1.54) is 11.5 Å². The van der Waals surface area contributed by atoms with Gasteiger partial charge < -0.3 is 15.0 Å². The molecule has 180 valence electrons. The largest absolute Gasteiger partial charge is 0.497 e. The van der Waals surface area contributed by atoms with Crippen molar-refractivity contribution in [1.29, 1.82) is 0 Å². The van der Waals surface area contributed by atoms with Crippen molar-refractivity contribution in [1.82, 2.24) is 19.6 Å². The van der Waals surface area contributed by atoms with Gasteiger partial charge in [-0.1, -0.05) is 48.5 Å². The zero-order valence-electron chi connectivity index (χ0n) is 19.8. The molecule has 1 aromatic heterocycles. The van der Waals surface area contributed by atoms with Crippen molar-refractivity contribution in [2.75, 3.05) is 51.3 Å². The number of rotatable bonds is 8. The van der Waals surface area contributed by atoms with E-state index in [9.17, 15) is 4.79 Å². The lowest BCUT2D eigenvalue weighted by atomic mass is 10.0. The Hall–Kier alpha value is -3.49. The molecule has 1 amide bonds. The van der Waals surface area contributed by atoms with E-state index >= 15 is 0 Å². The number of hydrogen-bond acceptors (Lipinski definition) is 7. The second-order valence-corrected chi connectivity index (χ2v) is 9.36. The fourth-order valence-corrected chi connectivity index (χ4v) is 5.16. The smallest absolute Gasteiger partial charge is 0.251 e. The van der Waals surface area contributed by atoms with Crippen molar-refractivity contribution >= 4 is 33.3 Å². The Labute approximate surface area is 209 Å². The summed E-state index contributed by atoms with van der Waals surface area (Å²) < 4.78 is 9.88. The van der Waals surface area contributed by atoms with Crippen LogP contribution in [-0.4, -0.2) is 66.5 Å². The molecular weight excluding hydrogens is 458 g/mol. The predicted octanol–water partition coefficient (Wildman–Crippen LogP) is 3.84. The van der Waals surface area contributed by atoms with Gasteiger partial charge in [-0.3, -0.25) is 9.69 Å². The summed E-state index contributed by atoms with van der Waals surface area (Å²) >= 11 is 1.46. The number of ether oxygens (including phenoxy) is 1. The standard InChI is InChI=1S/C27H29N5O2S/c1-34-22-9-4-6-20(18-22)19-25-29-27(35-30-25)32-16-14-31(15-17-32)13-12-28-26(33)24-11-5-8-21-7-2-3-10-23(21)24/h2-11,18H,12-17,19H2,1H3,(H,28,33). The Morgan fingerprint density at radius 3 is 2.69 bits per heavy atom. The lowest BCUT2D eigenvalue weighted by Crippen LogP contribution is -2.48. The molecule has 1 saturated heterocycles. The number of amides is 1. The highest BCUT2D eigenvalue weighted by atomic mass is 32.1. The van der Waals surface area contributed by atoms with Gasteiger partial charge in [-0.25, -0.2) is 4.98 Å². The third-order valence-corrected chi connectivity index (χ3v) is 7.16.